The highest BCUT2D eigenvalue weighted by Gasteiger charge is 2.29. The quantitative estimate of drug-likeness (QED) is 0.0696. The number of carbonyl (C=O) groups excluding carboxylic acids is 5. The molecule has 5 amide bonds. The number of amides is 5. The van der Waals surface area contributed by atoms with E-state index in [2.05, 4.69) is 41.3 Å². The zero-order chi connectivity index (χ0) is 61.0. The largest absolute Gasteiger partial charge is 0.479 e. The van der Waals surface area contributed by atoms with Gasteiger partial charge in [0.25, 0.3) is 0 Å². The van der Waals surface area contributed by atoms with Crippen molar-refractivity contribution in [3.63, 3.8) is 0 Å². The number of carbonyl (C=O) groups is 6. The van der Waals surface area contributed by atoms with Gasteiger partial charge in [0.2, 0.25) is 11.8 Å². The van der Waals surface area contributed by atoms with Crippen molar-refractivity contribution < 1.29 is 68.1 Å². The van der Waals surface area contributed by atoms with Crippen molar-refractivity contribution in [3.8, 4) is 0 Å². The predicted octanol–water partition coefficient (Wildman–Crippen LogP) is 6.66. The van der Waals surface area contributed by atoms with Crippen LogP contribution in [0.25, 0.3) is 0 Å². The van der Waals surface area contributed by atoms with Crippen LogP contribution in [0.3, 0.4) is 0 Å². The van der Waals surface area contributed by atoms with E-state index in [1.165, 1.54) is 0 Å². The Morgan fingerprint density at radius 1 is 0.530 bits per heavy atom. The number of alkyl halides is 1. The molecule has 0 aromatic heterocycles. The highest BCUT2D eigenvalue weighted by Crippen LogP contribution is 2.18. The van der Waals surface area contributed by atoms with Gasteiger partial charge < -0.3 is 65.8 Å². The molecule has 0 unspecified atom stereocenters. The Hall–Kier alpha value is -6.18. The summed E-state index contributed by atoms with van der Waals surface area (Å²) < 4.78 is 46.9. The average molecular weight is 1200 g/mol. The minimum absolute atomic E-state index is 0. The number of benzene rings is 3. The number of aliphatic carboxylic acids is 1. The van der Waals surface area contributed by atoms with Crippen LogP contribution >= 0.6 is 12.4 Å². The highest BCUT2D eigenvalue weighted by atomic mass is 35.5. The van der Waals surface area contributed by atoms with E-state index < -0.39 is 66.3 Å². The fourth-order valence-electron chi connectivity index (χ4n) is 7.64. The zero-order valence-corrected chi connectivity index (χ0v) is 50.2. The molecule has 6 rings (SSSR count). The molecule has 0 saturated carbocycles. The van der Waals surface area contributed by atoms with Gasteiger partial charge in [0.15, 0.2) is 6.04 Å². The van der Waals surface area contributed by atoms with E-state index in [4.69, 9.17) is 40.6 Å². The number of ether oxygens (including phenoxy) is 6. The van der Waals surface area contributed by atoms with Crippen molar-refractivity contribution in [3.05, 3.63) is 108 Å². The van der Waals surface area contributed by atoms with Crippen LogP contribution in [-0.2, 0) is 42.8 Å². The van der Waals surface area contributed by atoms with Gasteiger partial charge in [0, 0.05) is 78.5 Å². The van der Waals surface area contributed by atoms with Crippen molar-refractivity contribution in [2.45, 2.75) is 105 Å². The van der Waals surface area contributed by atoms with Gasteiger partial charge in [-0.3, -0.25) is 28.7 Å². The molecule has 3 aliphatic rings. The molecular weight excluding hydrogens is 1100 g/mol. The first-order valence-electron chi connectivity index (χ1n) is 27.9. The summed E-state index contributed by atoms with van der Waals surface area (Å²) >= 11 is 0. The van der Waals surface area contributed by atoms with E-state index in [-0.39, 0.29) is 31.6 Å². The van der Waals surface area contributed by atoms with Crippen LogP contribution in [0.1, 0.15) is 106 Å². The lowest BCUT2D eigenvalue weighted by atomic mass is 10.1. The summed E-state index contributed by atoms with van der Waals surface area (Å²) in [6.07, 6.45) is -1.98. The number of nitrogens with zero attached hydrogens (tertiary/aromatic N) is 3. The fraction of sp³-hybridized carbons (Fsp3) is 0.593. The number of halogens is 2. The third-order valence-corrected chi connectivity index (χ3v) is 11.4. The van der Waals surface area contributed by atoms with E-state index in [0.717, 1.165) is 105 Å². The SMILES string of the molecule is C.CC(C)(C)OC(=O)N[C@H](C(=O)NCCN1CCOCC1)c1ccccc1.CC(C)(C)OC(=O)N[C@H](C(=O)NCCN1CCOCC1)c1ccccc1.CC(C)(C)OC(=O)N[C@H](C(=O)O)c1ccccc1.Cl.NCCN1CCOCC1.[2H]CF. The first-order chi connectivity index (χ1) is 38.8. The number of hydrogen-bond donors (Lipinski definition) is 7. The summed E-state index contributed by atoms with van der Waals surface area (Å²) in [6, 6.07) is 24.1. The normalized spacial score (nSPS) is 15.8. The lowest BCUT2D eigenvalue weighted by Crippen LogP contribution is -2.45. The van der Waals surface area contributed by atoms with Gasteiger partial charge in [-0.1, -0.05) is 98.4 Å². The molecule has 3 fully saturated rings. The molecule has 3 atom stereocenters. The van der Waals surface area contributed by atoms with Crippen LogP contribution in [0.5, 0.6) is 0 Å². The Kier molecular flexibility index (Phi) is 37.6. The number of rotatable bonds is 17. The smallest absolute Gasteiger partial charge is 0.408 e. The van der Waals surface area contributed by atoms with Gasteiger partial charge >= 0.3 is 24.2 Å². The molecule has 0 aliphatic carbocycles. The van der Waals surface area contributed by atoms with E-state index in [1.807, 2.05) is 60.7 Å². The maximum absolute atomic E-state index is 12.7. The Balaban J connectivity index is 0.00000112. The molecule has 3 aliphatic heterocycles. The van der Waals surface area contributed by atoms with Gasteiger partial charge in [-0.25, -0.2) is 19.2 Å². The number of alkyl carbamates (subject to hydrolysis) is 3. The summed E-state index contributed by atoms with van der Waals surface area (Å²) in [5, 5.41) is 22.6. The number of hydrogen-bond acceptors (Lipinski definition) is 16. The van der Waals surface area contributed by atoms with Gasteiger partial charge in [-0.2, -0.15) is 0 Å². The molecule has 3 saturated heterocycles. The van der Waals surface area contributed by atoms with Crippen molar-refractivity contribution in [2.75, 3.05) is 125 Å². The molecule has 0 radical (unpaired) electrons. The molecule has 3 heterocycles. The number of nitrogens with two attached hydrogens (primary N) is 1. The summed E-state index contributed by atoms with van der Waals surface area (Å²) in [5.41, 5.74) is 5.38. The van der Waals surface area contributed by atoms with Crippen molar-refractivity contribution in [1.82, 2.24) is 41.3 Å². The number of nitrogens with one attached hydrogen (secondary N) is 5. The molecule has 3 aromatic carbocycles. The maximum atomic E-state index is 12.7. The van der Waals surface area contributed by atoms with E-state index in [9.17, 15) is 33.2 Å². The van der Waals surface area contributed by atoms with Crippen LogP contribution in [0.4, 0.5) is 18.8 Å². The van der Waals surface area contributed by atoms with Gasteiger partial charge in [0.1, 0.15) is 28.9 Å². The third kappa shape index (κ3) is 35.5. The average Bonchev–Trinajstić information content (AvgIpc) is 3.58. The van der Waals surface area contributed by atoms with E-state index in [0.29, 0.717) is 29.8 Å². The second-order valence-corrected chi connectivity index (χ2v) is 21.5. The minimum Gasteiger partial charge on any atom is -0.479 e. The third-order valence-electron chi connectivity index (χ3n) is 11.4. The van der Waals surface area contributed by atoms with Crippen molar-refractivity contribution >= 4 is 48.5 Å². The lowest BCUT2D eigenvalue weighted by molar-refractivity contribution is -0.139. The number of carboxylic acid groups (broad SMARTS) is 1. The predicted molar refractivity (Wildman–Crippen MR) is 321 cm³/mol. The molecule has 470 valence electrons. The van der Waals surface area contributed by atoms with Crippen LogP contribution in [0.15, 0.2) is 91.0 Å². The molecule has 83 heavy (non-hydrogen) atoms. The summed E-state index contributed by atoms with van der Waals surface area (Å²) in [7, 11) is -1.00. The first kappa shape index (κ1) is 74.8. The number of morpholine rings is 3. The summed E-state index contributed by atoms with van der Waals surface area (Å²) in [6.45, 7) is 30.4. The van der Waals surface area contributed by atoms with Crippen molar-refractivity contribution in [2.24, 2.45) is 5.73 Å². The Morgan fingerprint density at radius 2 is 0.783 bits per heavy atom. The lowest BCUT2D eigenvalue weighted by Gasteiger charge is -2.27. The molecule has 22 nitrogen and oxygen atoms in total. The molecule has 3 aromatic rings. The zero-order valence-electron chi connectivity index (χ0n) is 50.4. The monoisotopic (exact) mass is 1190 g/mol. The summed E-state index contributed by atoms with van der Waals surface area (Å²) in [4.78, 5) is 79.1. The van der Waals surface area contributed by atoms with E-state index in [1.54, 1.807) is 92.6 Å². The van der Waals surface area contributed by atoms with Crippen molar-refractivity contribution in [1.29, 1.82) is 0 Å². The Labute approximate surface area is 499 Å². The molecule has 8 N–H and O–H groups in total. The Morgan fingerprint density at radius 3 is 1.04 bits per heavy atom. The molecule has 0 bridgehead atoms. The van der Waals surface area contributed by atoms with Gasteiger partial charge in [-0.05, 0) is 79.0 Å². The van der Waals surface area contributed by atoms with Crippen LogP contribution < -0.4 is 32.3 Å². The molecular formula is C59H97ClFN9O13. The fourth-order valence-corrected chi connectivity index (χ4v) is 7.64. The topological polar surface area (TPSA) is 274 Å². The molecule has 0 spiro atoms. The van der Waals surface area contributed by atoms with Gasteiger partial charge in [0.05, 0.1) is 48.2 Å². The first-order valence-corrected chi connectivity index (χ1v) is 27.2. The second-order valence-electron chi connectivity index (χ2n) is 21.5. The van der Waals surface area contributed by atoms with Crippen LogP contribution in [-0.4, -0.2) is 198 Å². The highest BCUT2D eigenvalue weighted by molar-refractivity contribution is 5.88. The Bertz CT molecular complexity index is 2160. The molecule has 24 heteroatoms. The number of carboxylic acids is 1. The van der Waals surface area contributed by atoms with E-state index >= 15 is 0 Å². The second kappa shape index (κ2) is 41.8. The summed E-state index contributed by atoms with van der Waals surface area (Å²) in [5.74, 6) is -1.64. The van der Waals surface area contributed by atoms with Crippen LogP contribution in [0.2, 0.25) is 0 Å². The standard InChI is InChI=1S/2C19H29N3O4.C13H17NO4.C6H14N2O.CH3F.CH4.ClH/c2*1-19(2,3)26-18(24)21-16(15-7-5-4-6-8-15)17(23)20-9-10-22-11-13-25-14-12-22;1-13(2,3)18-12(17)14-10(11(15)16)9-7-5-4-6-8-9;7-1-2-8-3-5-9-6-4-8;1-2;;/h2*4-8,16H,9-14H2,1-3H3,(H,20,23)(H,21,24);4-8,10H,1-3H3,(H,14,17)(H,15,16);1-7H2;1H3;1H4;1H/t2*16-;10-;;;;/m000..../s1/i;;;;1D;;. The minimum atomic E-state index is -1.13. The van der Waals surface area contributed by atoms with Gasteiger partial charge in [-0.15, -0.1) is 12.4 Å². The maximum Gasteiger partial charge on any atom is 0.408 e. The van der Waals surface area contributed by atoms with Crippen LogP contribution in [0, 0.1) is 0 Å².